The van der Waals surface area contributed by atoms with Gasteiger partial charge in [-0.05, 0) is 45.4 Å². The van der Waals surface area contributed by atoms with E-state index in [0.29, 0.717) is 17.9 Å². The molecule has 0 aliphatic rings. The van der Waals surface area contributed by atoms with Crippen LogP contribution in [0.2, 0.25) is 0 Å². The van der Waals surface area contributed by atoms with Gasteiger partial charge in [-0.25, -0.2) is 22.8 Å². The largest absolute Gasteiger partial charge is 0.240 e. The van der Waals surface area contributed by atoms with E-state index in [1.807, 2.05) is 56.0 Å². The van der Waals surface area contributed by atoms with Crippen molar-refractivity contribution in [1.82, 2.24) is 19.5 Å². The standard InChI is InChI=1S/C18H22N4O2S2/c1-12-5-6-17(13(2)9-12)26(23,24)19-8-7-16-11-25-18(20-16)22-15(4)10-14(3)21-22/h5-6,9-11,19H,7-8H2,1-4H3. The summed E-state index contributed by atoms with van der Waals surface area (Å²) in [6.07, 6.45) is 0.528. The summed E-state index contributed by atoms with van der Waals surface area (Å²) in [4.78, 5) is 4.88. The van der Waals surface area contributed by atoms with Crippen molar-refractivity contribution in [3.8, 4) is 5.13 Å². The lowest BCUT2D eigenvalue weighted by molar-refractivity contribution is 0.580. The van der Waals surface area contributed by atoms with E-state index in [2.05, 4.69) is 14.8 Å². The van der Waals surface area contributed by atoms with Crippen LogP contribution in [0.25, 0.3) is 5.13 Å². The van der Waals surface area contributed by atoms with Crippen LogP contribution in [-0.4, -0.2) is 29.7 Å². The minimum Gasteiger partial charge on any atom is -0.223 e. The molecule has 26 heavy (non-hydrogen) atoms. The number of aryl methyl sites for hydroxylation is 4. The Hall–Kier alpha value is -2.03. The molecule has 0 aliphatic carbocycles. The predicted octanol–water partition coefficient (Wildman–Crippen LogP) is 3.08. The Morgan fingerprint density at radius 1 is 1.15 bits per heavy atom. The Balaban J connectivity index is 1.66. The van der Waals surface area contributed by atoms with Crippen LogP contribution >= 0.6 is 11.3 Å². The highest BCUT2D eigenvalue weighted by atomic mass is 32.2. The third-order valence-electron chi connectivity index (χ3n) is 4.02. The van der Waals surface area contributed by atoms with Crippen molar-refractivity contribution in [2.75, 3.05) is 6.54 Å². The average Bonchev–Trinajstić information content (AvgIpc) is 3.12. The number of aromatic nitrogens is 3. The van der Waals surface area contributed by atoms with E-state index < -0.39 is 10.0 Å². The fourth-order valence-corrected chi connectivity index (χ4v) is 4.95. The Morgan fingerprint density at radius 3 is 2.58 bits per heavy atom. The number of hydrogen-bond donors (Lipinski definition) is 1. The number of nitrogens with one attached hydrogen (secondary N) is 1. The van der Waals surface area contributed by atoms with Gasteiger partial charge in [0.1, 0.15) is 0 Å². The molecule has 0 unspecified atom stereocenters. The van der Waals surface area contributed by atoms with Crippen LogP contribution in [0, 0.1) is 27.7 Å². The molecule has 0 saturated heterocycles. The van der Waals surface area contributed by atoms with E-state index >= 15 is 0 Å². The third kappa shape index (κ3) is 4.03. The Bertz CT molecular complexity index is 1040. The summed E-state index contributed by atoms with van der Waals surface area (Å²) in [7, 11) is -3.52. The van der Waals surface area contributed by atoms with Crippen LogP contribution in [0.5, 0.6) is 0 Å². The van der Waals surface area contributed by atoms with Crippen LogP contribution in [0.1, 0.15) is 28.2 Å². The molecular formula is C18H22N4O2S2. The molecule has 0 fully saturated rings. The van der Waals surface area contributed by atoms with Gasteiger partial charge in [0.15, 0.2) is 0 Å². The molecule has 0 bridgehead atoms. The van der Waals surface area contributed by atoms with Crippen LogP contribution in [0.4, 0.5) is 0 Å². The van der Waals surface area contributed by atoms with Crippen molar-refractivity contribution < 1.29 is 8.42 Å². The number of benzene rings is 1. The SMILES string of the molecule is Cc1ccc(S(=O)(=O)NCCc2csc(-n3nc(C)cc3C)n2)c(C)c1. The summed E-state index contributed by atoms with van der Waals surface area (Å²) in [6.45, 7) is 7.98. The maximum atomic E-state index is 12.5. The fraction of sp³-hybridized carbons (Fsp3) is 0.333. The maximum absolute atomic E-state index is 12.5. The summed E-state index contributed by atoms with van der Waals surface area (Å²) >= 11 is 1.50. The molecule has 2 heterocycles. The maximum Gasteiger partial charge on any atom is 0.240 e. The van der Waals surface area contributed by atoms with Gasteiger partial charge in [0.25, 0.3) is 0 Å². The molecule has 0 saturated carbocycles. The van der Waals surface area contributed by atoms with Crippen molar-refractivity contribution >= 4 is 21.4 Å². The van der Waals surface area contributed by atoms with E-state index in [9.17, 15) is 8.42 Å². The molecule has 0 aliphatic heterocycles. The van der Waals surface area contributed by atoms with E-state index in [0.717, 1.165) is 33.3 Å². The predicted molar refractivity (Wildman–Crippen MR) is 104 cm³/mol. The Morgan fingerprint density at radius 2 is 1.92 bits per heavy atom. The van der Waals surface area contributed by atoms with Gasteiger partial charge in [0.2, 0.25) is 15.2 Å². The lowest BCUT2D eigenvalue weighted by atomic mass is 10.2. The van der Waals surface area contributed by atoms with Crippen molar-refractivity contribution in [3.05, 3.63) is 57.9 Å². The number of rotatable bonds is 6. The van der Waals surface area contributed by atoms with Crippen LogP contribution < -0.4 is 4.72 Å². The molecular weight excluding hydrogens is 368 g/mol. The van der Waals surface area contributed by atoms with E-state index in [4.69, 9.17) is 0 Å². The van der Waals surface area contributed by atoms with Gasteiger partial charge in [0.05, 0.1) is 16.3 Å². The van der Waals surface area contributed by atoms with Crippen molar-refractivity contribution in [1.29, 1.82) is 0 Å². The quantitative estimate of drug-likeness (QED) is 0.702. The van der Waals surface area contributed by atoms with E-state index in [1.165, 1.54) is 11.3 Å². The zero-order valence-corrected chi connectivity index (χ0v) is 16.9. The van der Waals surface area contributed by atoms with Gasteiger partial charge >= 0.3 is 0 Å². The number of sulfonamides is 1. The van der Waals surface area contributed by atoms with Gasteiger partial charge in [0, 0.05) is 24.0 Å². The molecule has 1 N–H and O–H groups in total. The van der Waals surface area contributed by atoms with Gasteiger partial charge in [-0.3, -0.25) is 0 Å². The summed E-state index contributed by atoms with van der Waals surface area (Å²) in [6, 6.07) is 7.33. The smallest absolute Gasteiger partial charge is 0.223 e. The first kappa shape index (κ1) is 18.8. The molecule has 8 heteroatoms. The second kappa shape index (κ2) is 7.30. The lowest BCUT2D eigenvalue weighted by Gasteiger charge is -2.09. The molecule has 2 aromatic heterocycles. The first-order chi connectivity index (χ1) is 12.3. The van der Waals surface area contributed by atoms with Crippen LogP contribution in [-0.2, 0) is 16.4 Å². The molecule has 0 radical (unpaired) electrons. The van der Waals surface area contributed by atoms with Gasteiger partial charge in [-0.2, -0.15) is 5.10 Å². The van der Waals surface area contributed by atoms with Gasteiger partial charge in [-0.1, -0.05) is 17.7 Å². The van der Waals surface area contributed by atoms with Gasteiger partial charge in [-0.15, -0.1) is 11.3 Å². The molecule has 0 spiro atoms. The zero-order valence-electron chi connectivity index (χ0n) is 15.3. The summed E-state index contributed by atoms with van der Waals surface area (Å²) in [5.41, 5.74) is 4.61. The normalized spacial score (nSPS) is 11.8. The zero-order chi connectivity index (χ0) is 18.9. The first-order valence-electron chi connectivity index (χ1n) is 8.31. The molecule has 0 atom stereocenters. The van der Waals surface area contributed by atoms with Crippen LogP contribution in [0.3, 0.4) is 0 Å². The minimum atomic E-state index is -3.52. The first-order valence-corrected chi connectivity index (χ1v) is 10.7. The average molecular weight is 391 g/mol. The molecule has 0 amide bonds. The van der Waals surface area contributed by atoms with E-state index in [1.54, 1.807) is 6.07 Å². The number of thiazole rings is 1. The van der Waals surface area contributed by atoms with Crippen molar-refractivity contribution in [2.24, 2.45) is 0 Å². The Kier molecular flexibility index (Phi) is 5.27. The monoisotopic (exact) mass is 390 g/mol. The summed E-state index contributed by atoms with van der Waals surface area (Å²) in [5.74, 6) is 0. The topological polar surface area (TPSA) is 76.9 Å². The van der Waals surface area contributed by atoms with Crippen LogP contribution in [0.15, 0.2) is 34.5 Å². The highest BCUT2D eigenvalue weighted by molar-refractivity contribution is 7.89. The summed E-state index contributed by atoms with van der Waals surface area (Å²) < 4.78 is 29.4. The summed E-state index contributed by atoms with van der Waals surface area (Å²) in [5, 5.41) is 7.16. The van der Waals surface area contributed by atoms with E-state index in [-0.39, 0.29) is 0 Å². The molecule has 6 nitrogen and oxygen atoms in total. The highest BCUT2D eigenvalue weighted by Gasteiger charge is 2.16. The molecule has 3 rings (SSSR count). The van der Waals surface area contributed by atoms with Crippen molar-refractivity contribution in [2.45, 2.75) is 39.0 Å². The minimum absolute atomic E-state index is 0.302. The van der Waals surface area contributed by atoms with Crippen molar-refractivity contribution in [3.63, 3.8) is 0 Å². The second-order valence-corrected chi connectivity index (χ2v) is 8.95. The molecule has 138 valence electrons. The third-order valence-corrected chi connectivity index (χ3v) is 6.51. The Labute approximate surface area is 158 Å². The highest BCUT2D eigenvalue weighted by Crippen LogP contribution is 2.18. The molecule has 1 aromatic carbocycles. The van der Waals surface area contributed by atoms with Gasteiger partial charge < -0.3 is 0 Å². The number of hydrogen-bond acceptors (Lipinski definition) is 5. The second-order valence-electron chi connectivity index (χ2n) is 6.38. The fourth-order valence-electron chi connectivity index (χ4n) is 2.82. The molecule has 3 aromatic rings. The number of nitrogens with zero attached hydrogens (tertiary/aromatic N) is 3. The lowest BCUT2D eigenvalue weighted by Crippen LogP contribution is -2.26.